The molecule has 0 aliphatic carbocycles. The van der Waals surface area contributed by atoms with Crippen LogP contribution in [0.3, 0.4) is 0 Å². The highest BCUT2D eigenvalue weighted by Crippen LogP contribution is 2.15. The predicted octanol–water partition coefficient (Wildman–Crippen LogP) is 2.10. The van der Waals surface area contributed by atoms with Gasteiger partial charge in [0.05, 0.1) is 0 Å². The minimum absolute atomic E-state index is 0.398. The predicted molar refractivity (Wildman–Crippen MR) is 62.6 cm³/mol. The van der Waals surface area contributed by atoms with Crippen LogP contribution in [-0.2, 0) is 11.8 Å². The lowest BCUT2D eigenvalue weighted by atomic mass is 10.2. The van der Waals surface area contributed by atoms with Crippen molar-refractivity contribution in [2.75, 3.05) is 11.9 Å². The summed E-state index contributed by atoms with van der Waals surface area (Å²) < 4.78 is 6.96. The summed E-state index contributed by atoms with van der Waals surface area (Å²) in [6.07, 6.45) is -0.398. The first kappa shape index (κ1) is 12.5. The number of nitrogens with zero attached hydrogens (tertiary/aromatic N) is 3. The van der Waals surface area contributed by atoms with Crippen LogP contribution in [0.25, 0.3) is 0 Å². The Morgan fingerprint density at radius 1 is 1.50 bits per heavy atom. The second-order valence-corrected chi connectivity index (χ2v) is 4.81. The van der Waals surface area contributed by atoms with E-state index < -0.39 is 11.7 Å². The van der Waals surface area contributed by atoms with Crippen molar-refractivity contribution in [1.29, 1.82) is 0 Å². The second-order valence-electron chi connectivity index (χ2n) is 4.81. The van der Waals surface area contributed by atoms with Gasteiger partial charge in [-0.25, -0.2) is 4.79 Å². The van der Waals surface area contributed by atoms with Gasteiger partial charge in [0.25, 0.3) is 0 Å². The third-order valence-corrected chi connectivity index (χ3v) is 2.11. The summed E-state index contributed by atoms with van der Waals surface area (Å²) >= 11 is 0. The van der Waals surface area contributed by atoms with Crippen molar-refractivity contribution < 1.29 is 9.53 Å². The molecule has 1 rings (SSSR count). The molecule has 0 aliphatic rings. The van der Waals surface area contributed by atoms with Crippen LogP contribution < -0.4 is 4.90 Å². The standard InChI is InChI=1S/C11H19N3O2/c1-8-7-9(12-14(8)6)13(5)10(15)16-11(2,3)4/h7H,1-6H3. The molecule has 90 valence electrons. The number of hydrogen-bond donors (Lipinski definition) is 0. The van der Waals surface area contributed by atoms with Crippen molar-refractivity contribution in [3.63, 3.8) is 0 Å². The van der Waals surface area contributed by atoms with Gasteiger partial charge in [0.15, 0.2) is 5.82 Å². The topological polar surface area (TPSA) is 47.4 Å². The number of aromatic nitrogens is 2. The van der Waals surface area contributed by atoms with Crippen molar-refractivity contribution in [1.82, 2.24) is 9.78 Å². The minimum Gasteiger partial charge on any atom is -0.443 e. The summed E-state index contributed by atoms with van der Waals surface area (Å²) in [5.74, 6) is 0.592. The Morgan fingerprint density at radius 2 is 2.06 bits per heavy atom. The van der Waals surface area contributed by atoms with E-state index in [2.05, 4.69) is 5.10 Å². The summed E-state index contributed by atoms with van der Waals surface area (Å²) in [5.41, 5.74) is 0.500. The van der Waals surface area contributed by atoms with E-state index in [1.54, 1.807) is 11.7 Å². The number of carbonyl (C=O) groups excluding carboxylic acids is 1. The van der Waals surface area contributed by atoms with Crippen LogP contribution in [0.2, 0.25) is 0 Å². The Balaban J connectivity index is 2.78. The first-order valence-electron chi connectivity index (χ1n) is 5.18. The molecule has 0 unspecified atom stereocenters. The average Bonchev–Trinajstić information content (AvgIpc) is 2.43. The van der Waals surface area contributed by atoms with Crippen LogP contribution in [0.15, 0.2) is 6.07 Å². The number of hydrogen-bond acceptors (Lipinski definition) is 3. The average molecular weight is 225 g/mol. The fourth-order valence-corrected chi connectivity index (χ4v) is 1.13. The van der Waals surface area contributed by atoms with Crippen LogP contribution in [0.1, 0.15) is 26.5 Å². The van der Waals surface area contributed by atoms with Gasteiger partial charge < -0.3 is 4.74 Å². The number of aryl methyl sites for hydroxylation is 2. The van der Waals surface area contributed by atoms with Crippen LogP contribution in [0.4, 0.5) is 10.6 Å². The highest BCUT2D eigenvalue weighted by molar-refractivity contribution is 5.85. The molecule has 5 nitrogen and oxygen atoms in total. The summed E-state index contributed by atoms with van der Waals surface area (Å²) in [5, 5.41) is 4.20. The Hall–Kier alpha value is -1.52. The van der Waals surface area contributed by atoms with Crippen molar-refractivity contribution in [2.45, 2.75) is 33.3 Å². The minimum atomic E-state index is -0.491. The van der Waals surface area contributed by atoms with Gasteiger partial charge in [-0.2, -0.15) is 5.10 Å². The lowest BCUT2D eigenvalue weighted by Gasteiger charge is -2.23. The largest absolute Gasteiger partial charge is 0.443 e. The maximum atomic E-state index is 11.7. The molecule has 0 aromatic carbocycles. The van der Waals surface area contributed by atoms with Gasteiger partial charge in [-0.05, 0) is 27.7 Å². The zero-order valence-corrected chi connectivity index (χ0v) is 10.7. The highest BCUT2D eigenvalue weighted by atomic mass is 16.6. The summed E-state index contributed by atoms with van der Waals surface area (Å²) in [6.45, 7) is 7.44. The van der Waals surface area contributed by atoms with Crippen molar-refractivity contribution in [3.05, 3.63) is 11.8 Å². The number of ether oxygens (including phenoxy) is 1. The molecule has 0 bridgehead atoms. The van der Waals surface area contributed by atoms with Gasteiger partial charge in [-0.3, -0.25) is 9.58 Å². The number of amides is 1. The van der Waals surface area contributed by atoms with Crippen LogP contribution in [0, 0.1) is 6.92 Å². The first-order valence-corrected chi connectivity index (χ1v) is 5.18. The van der Waals surface area contributed by atoms with Gasteiger partial charge >= 0.3 is 6.09 Å². The van der Waals surface area contributed by atoms with Gasteiger partial charge in [0, 0.05) is 25.9 Å². The molecule has 16 heavy (non-hydrogen) atoms. The molecular weight excluding hydrogens is 206 g/mol. The third-order valence-electron chi connectivity index (χ3n) is 2.11. The molecule has 0 fully saturated rings. The van der Waals surface area contributed by atoms with Crippen molar-refractivity contribution >= 4 is 11.9 Å². The Labute approximate surface area is 96.0 Å². The van der Waals surface area contributed by atoms with Crippen LogP contribution in [0.5, 0.6) is 0 Å². The molecular formula is C11H19N3O2. The molecule has 0 saturated carbocycles. The second kappa shape index (κ2) is 4.15. The molecule has 1 aromatic heterocycles. The molecule has 0 atom stereocenters. The summed E-state index contributed by atoms with van der Waals surface area (Å²) in [7, 11) is 3.48. The van der Waals surface area contributed by atoms with E-state index in [0.717, 1.165) is 5.69 Å². The van der Waals surface area contributed by atoms with E-state index >= 15 is 0 Å². The number of carbonyl (C=O) groups is 1. The monoisotopic (exact) mass is 225 g/mol. The molecule has 1 heterocycles. The SMILES string of the molecule is Cc1cc(N(C)C(=O)OC(C)(C)C)nn1C. The fraction of sp³-hybridized carbons (Fsp3) is 0.636. The quantitative estimate of drug-likeness (QED) is 0.735. The van der Waals surface area contributed by atoms with Crippen molar-refractivity contribution in [2.24, 2.45) is 7.05 Å². The molecule has 5 heteroatoms. The highest BCUT2D eigenvalue weighted by Gasteiger charge is 2.22. The lowest BCUT2D eigenvalue weighted by molar-refractivity contribution is 0.0588. The van der Waals surface area contributed by atoms with E-state index in [4.69, 9.17) is 4.74 Å². The van der Waals surface area contributed by atoms with Gasteiger partial charge in [-0.15, -0.1) is 0 Å². The van der Waals surface area contributed by atoms with E-state index in [0.29, 0.717) is 5.82 Å². The summed E-state index contributed by atoms with van der Waals surface area (Å²) in [6, 6.07) is 1.84. The van der Waals surface area contributed by atoms with Crippen molar-refractivity contribution in [3.8, 4) is 0 Å². The van der Waals surface area contributed by atoms with E-state index in [1.807, 2.05) is 40.8 Å². The molecule has 0 saturated heterocycles. The fourth-order valence-electron chi connectivity index (χ4n) is 1.13. The first-order chi connectivity index (χ1) is 7.20. The smallest absolute Gasteiger partial charge is 0.415 e. The molecule has 0 radical (unpaired) electrons. The zero-order chi connectivity index (χ0) is 12.5. The van der Waals surface area contributed by atoms with E-state index in [9.17, 15) is 4.79 Å². The normalized spacial score (nSPS) is 11.4. The van der Waals surface area contributed by atoms with Crippen LogP contribution in [-0.4, -0.2) is 28.5 Å². The molecule has 1 aromatic rings. The van der Waals surface area contributed by atoms with Gasteiger partial charge in [0.1, 0.15) is 5.60 Å². The van der Waals surface area contributed by atoms with E-state index in [-0.39, 0.29) is 0 Å². The summed E-state index contributed by atoms with van der Waals surface area (Å²) in [4.78, 5) is 13.1. The maximum Gasteiger partial charge on any atom is 0.415 e. The zero-order valence-electron chi connectivity index (χ0n) is 10.7. The molecule has 0 aliphatic heterocycles. The van der Waals surface area contributed by atoms with Gasteiger partial charge in [-0.1, -0.05) is 0 Å². The van der Waals surface area contributed by atoms with Gasteiger partial charge in [0.2, 0.25) is 0 Å². The number of rotatable bonds is 1. The third kappa shape index (κ3) is 2.98. The Kier molecular flexibility index (Phi) is 3.26. The number of anilines is 1. The molecule has 0 spiro atoms. The van der Waals surface area contributed by atoms with E-state index in [1.165, 1.54) is 4.90 Å². The maximum absolute atomic E-state index is 11.7. The molecule has 1 amide bonds. The van der Waals surface area contributed by atoms with Crippen LogP contribution >= 0.6 is 0 Å². The lowest BCUT2D eigenvalue weighted by Crippen LogP contribution is -2.34. The Morgan fingerprint density at radius 3 is 2.44 bits per heavy atom. The Bertz CT molecular complexity index is 371. The molecule has 0 N–H and O–H groups in total.